The van der Waals surface area contributed by atoms with Crippen LogP contribution < -0.4 is 4.74 Å². The largest absolute Gasteiger partial charge is 0.494 e. The summed E-state index contributed by atoms with van der Waals surface area (Å²) in [5.41, 5.74) is 1.80. The zero-order chi connectivity index (χ0) is 13.7. The minimum Gasteiger partial charge on any atom is -0.494 e. The van der Waals surface area contributed by atoms with Crippen LogP contribution >= 0.6 is 11.8 Å². The van der Waals surface area contributed by atoms with E-state index in [1.807, 2.05) is 30.3 Å². The summed E-state index contributed by atoms with van der Waals surface area (Å²) in [7, 11) is 1.45. The molecule has 0 aliphatic carbocycles. The van der Waals surface area contributed by atoms with E-state index in [9.17, 15) is 4.39 Å². The lowest BCUT2D eigenvalue weighted by Crippen LogP contribution is -1.90. The molecule has 0 radical (unpaired) electrons. The number of hydrogen-bond donors (Lipinski definition) is 1. The summed E-state index contributed by atoms with van der Waals surface area (Å²) < 4.78 is 18.4. The van der Waals surface area contributed by atoms with Gasteiger partial charge >= 0.3 is 0 Å². The average Bonchev–Trinajstić information content (AvgIpc) is 2.46. The second-order valence-corrected chi connectivity index (χ2v) is 5.11. The van der Waals surface area contributed by atoms with E-state index < -0.39 is 0 Å². The molecule has 0 aromatic heterocycles. The Morgan fingerprint density at radius 2 is 1.79 bits per heavy atom. The van der Waals surface area contributed by atoms with Gasteiger partial charge in [-0.15, -0.1) is 11.8 Å². The topological polar surface area (TPSA) is 29.5 Å². The third kappa shape index (κ3) is 3.72. The maximum absolute atomic E-state index is 13.5. The Bertz CT molecular complexity index is 540. The van der Waals surface area contributed by atoms with E-state index in [-0.39, 0.29) is 18.2 Å². The van der Waals surface area contributed by atoms with Crippen LogP contribution in [-0.4, -0.2) is 12.2 Å². The number of benzene rings is 2. The van der Waals surface area contributed by atoms with Crippen molar-refractivity contribution >= 4 is 11.8 Å². The molecule has 100 valence electrons. The standard InChI is InChI=1S/C15H15FO2S/c1-18-15-7-4-12(8-14(15)16)10-19-13-5-2-11(9-17)3-6-13/h2-8,17H,9-10H2,1H3. The van der Waals surface area contributed by atoms with Crippen LogP contribution in [0.5, 0.6) is 5.75 Å². The van der Waals surface area contributed by atoms with Crippen LogP contribution in [0.1, 0.15) is 11.1 Å². The third-order valence-electron chi connectivity index (χ3n) is 2.73. The minimum absolute atomic E-state index is 0.0502. The van der Waals surface area contributed by atoms with Gasteiger partial charge in [-0.3, -0.25) is 0 Å². The molecule has 2 nitrogen and oxygen atoms in total. The number of aliphatic hydroxyl groups is 1. The van der Waals surface area contributed by atoms with Gasteiger partial charge in [0.25, 0.3) is 0 Å². The molecule has 0 saturated carbocycles. The number of halogens is 1. The van der Waals surface area contributed by atoms with Crippen molar-refractivity contribution in [1.82, 2.24) is 0 Å². The Kier molecular flexibility index (Phi) is 4.82. The first-order chi connectivity index (χ1) is 9.22. The molecule has 0 amide bonds. The lowest BCUT2D eigenvalue weighted by molar-refractivity contribution is 0.282. The predicted molar refractivity (Wildman–Crippen MR) is 74.9 cm³/mol. The van der Waals surface area contributed by atoms with Gasteiger partial charge in [-0.1, -0.05) is 18.2 Å². The van der Waals surface area contributed by atoms with Crippen LogP contribution in [0.3, 0.4) is 0 Å². The fraction of sp³-hybridized carbons (Fsp3) is 0.200. The second-order valence-electron chi connectivity index (χ2n) is 4.06. The van der Waals surface area contributed by atoms with Crippen LogP contribution in [0.15, 0.2) is 47.4 Å². The zero-order valence-electron chi connectivity index (χ0n) is 10.6. The summed E-state index contributed by atoms with van der Waals surface area (Å²) in [5.74, 6) is 0.622. The van der Waals surface area contributed by atoms with Crippen molar-refractivity contribution in [3.63, 3.8) is 0 Å². The Morgan fingerprint density at radius 1 is 1.11 bits per heavy atom. The molecule has 0 bridgehead atoms. The van der Waals surface area contributed by atoms with E-state index in [1.165, 1.54) is 13.2 Å². The summed E-state index contributed by atoms with van der Waals surface area (Å²) in [6.07, 6.45) is 0. The number of aliphatic hydroxyl groups excluding tert-OH is 1. The first kappa shape index (κ1) is 13.9. The number of ether oxygens (including phenoxy) is 1. The van der Waals surface area contributed by atoms with E-state index in [2.05, 4.69) is 0 Å². The molecule has 2 aromatic carbocycles. The quantitative estimate of drug-likeness (QED) is 0.847. The van der Waals surface area contributed by atoms with E-state index in [4.69, 9.17) is 9.84 Å². The molecule has 0 heterocycles. The number of thioether (sulfide) groups is 1. The Balaban J connectivity index is 1.99. The summed E-state index contributed by atoms with van der Waals surface area (Å²) >= 11 is 1.63. The normalized spacial score (nSPS) is 10.5. The molecule has 0 unspecified atom stereocenters. The van der Waals surface area contributed by atoms with Crippen molar-refractivity contribution in [3.05, 3.63) is 59.4 Å². The predicted octanol–water partition coefficient (Wildman–Crippen LogP) is 3.62. The molecule has 1 N–H and O–H groups in total. The van der Waals surface area contributed by atoms with Gasteiger partial charge < -0.3 is 9.84 Å². The van der Waals surface area contributed by atoms with E-state index >= 15 is 0 Å². The van der Waals surface area contributed by atoms with Gasteiger partial charge in [-0.25, -0.2) is 4.39 Å². The highest BCUT2D eigenvalue weighted by Gasteiger charge is 2.04. The van der Waals surface area contributed by atoms with Crippen LogP contribution in [0.4, 0.5) is 4.39 Å². The molecule has 0 fully saturated rings. The molecule has 0 aliphatic rings. The smallest absolute Gasteiger partial charge is 0.165 e. The maximum Gasteiger partial charge on any atom is 0.165 e. The van der Waals surface area contributed by atoms with Crippen molar-refractivity contribution in [1.29, 1.82) is 0 Å². The zero-order valence-corrected chi connectivity index (χ0v) is 11.4. The average molecular weight is 278 g/mol. The van der Waals surface area contributed by atoms with Crippen molar-refractivity contribution in [2.75, 3.05) is 7.11 Å². The lowest BCUT2D eigenvalue weighted by Gasteiger charge is -2.06. The molecule has 2 rings (SSSR count). The van der Waals surface area contributed by atoms with Gasteiger partial charge in [-0.2, -0.15) is 0 Å². The van der Waals surface area contributed by atoms with Gasteiger partial charge in [0, 0.05) is 10.6 Å². The first-order valence-electron chi connectivity index (χ1n) is 5.88. The highest BCUT2D eigenvalue weighted by atomic mass is 32.2. The third-order valence-corrected chi connectivity index (χ3v) is 3.81. The van der Waals surface area contributed by atoms with Crippen molar-refractivity contribution in [2.45, 2.75) is 17.3 Å². The van der Waals surface area contributed by atoms with E-state index in [0.717, 1.165) is 16.0 Å². The highest BCUT2D eigenvalue weighted by molar-refractivity contribution is 7.98. The molecule has 0 aliphatic heterocycles. The molecular formula is C15H15FO2S. The second kappa shape index (κ2) is 6.59. The van der Waals surface area contributed by atoms with Crippen LogP contribution in [0.25, 0.3) is 0 Å². The molecular weight excluding hydrogens is 263 g/mol. The Labute approximate surface area is 116 Å². The minimum atomic E-state index is -0.337. The van der Waals surface area contributed by atoms with Gasteiger partial charge in [0.15, 0.2) is 11.6 Å². The molecule has 0 spiro atoms. The van der Waals surface area contributed by atoms with Crippen molar-refractivity contribution < 1.29 is 14.2 Å². The summed E-state index contributed by atoms with van der Waals surface area (Å²) in [4.78, 5) is 1.09. The Hall–Kier alpha value is -1.52. The molecule has 0 atom stereocenters. The van der Waals surface area contributed by atoms with E-state index in [1.54, 1.807) is 17.8 Å². The van der Waals surface area contributed by atoms with Crippen molar-refractivity contribution in [3.8, 4) is 5.75 Å². The molecule has 0 saturated heterocycles. The fourth-order valence-corrected chi connectivity index (χ4v) is 2.50. The van der Waals surface area contributed by atoms with E-state index in [0.29, 0.717) is 5.75 Å². The Morgan fingerprint density at radius 3 is 2.37 bits per heavy atom. The maximum atomic E-state index is 13.5. The van der Waals surface area contributed by atoms with Gasteiger partial charge in [0.1, 0.15) is 0 Å². The summed E-state index contributed by atoms with van der Waals surface area (Å²) in [5, 5.41) is 8.96. The van der Waals surface area contributed by atoms with Gasteiger partial charge in [0.2, 0.25) is 0 Å². The molecule has 2 aromatic rings. The summed E-state index contributed by atoms with van der Waals surface area (Å²) in [6.45, 7) is 0.0502. The van der Waals surface area contributed by atoms with Crippen LogP contribution in [0, 0.1) is 5.82 Å². The number of methoxy groups -OCH3 is 1. The van der Waals surface area contributed by atoms with Crippen LogP contribution in [0.2, 0.25) is 0 Å². The van der Waals surface area contributed by atoms with Crippen molar-refractivity contribution in [2.24, 2.45) is 0 Å². The molecule has 19 heavy (non-hydrogen) atoms. The van der Waals surface area contributed by atoms with Crippen LogP contribution in [-0.2, 0) is 12.4 Å². The highest BCUT2D eigenvalue weighted by Crippen LogP contribution is 2.25. The van der Waals surface area contributed by atoms with Gasteiger partial charge in [0.05, 0.1) is 13.7 Å². The fourth-order valence-electron chi connectivity index (χ4n) is 1.66. The lowest BCUT2D eigenvalue weighted by atomic mass is 10.2. The SMILES string of the molecule is COc1ccc(CSc2ccc(CO)cc2)cc1F. The monoisotopic (exact) mass is 278 g/mol. The van der Waals surface area contributed by atoms with Gasteiger partial charge in [-0.05, 0) is 35.4 Å². The number of hydrogen-bond acceptors (Lipinski definition) is 3. The first-order valence-corrected chi connectivity index (χ1v) is 6.86. The molecule has 4 heteroatoms. The summed E-state index contributed by atoms with van der Waals surface area (Å²) in [6, 6.07) is 12.7. The number of rotatable bonds is 5.